The maximum absolute atomic E-state index is 13.1. The number of benzene rings is 1. The SMILES string of the molecule is CC(C)c1c(-c2ccccc2)c(=O)nc2c3ccc(C(C)(C)C)nc3ccn12. The topological polar surface area (TPSA) is 47.3 Å². The number of aromatic nitrogens is 3. The molecule has 0 spiro atoms. The molecule has 0 aliphatic heterocycles. The average Bonchev–Trinajstić information content (AvgIpc) is 2.66. The van der Waals surface area contributed by atoms with Crippen molar-refractivity contribution in [2.75, 3.05) is 0 Å². The van der Waals surface area contributed by atoms with Gasteiger partial charge in [0.2, 0.25) is 0 Å². The lowest BCUT2D eigenvalue weighted by Crippen LogP contribution is -2.19. The highest BCUT2D eigenvalue weighted by Gasteiger charge is 2.20. The van der Waals surface area contributed by atoms with E-state index in [2.05, 4.69) is 44.0 Å². The van der Waals surface area contributed by atoms with E-state index in [-0.39, 0.29) is 16.9 Å². The highest BCUT2D eigenvalue weighted by Crippen LogP contribution is 2.29. The Bertz CT molecular complexity index is 1230. The molecule has 0 radical (unpaired) electrons. The van der Waals surface area contributed by atoms with Gasteiger partial charge in [-0.2, -0.15) is 4.98 Å². The first kappa shape index (κ1) is 18.4. The van der Waals surface area contributed by atoms with Gasteiger partial charge in [0.05, 0.1) is 11.1 Å². The summed E-state index contributed by atoms with van der Waals surface area (Å²) in [7, 11) is 0. The van der Waals surface area contributed by atoms with Gasteiger partial charge in [0.15, 0.2) is 5.65 Å². The second kappa shape index (κ2) is 6.55. The van der Waals surface area contributed by atoms with Crippen LogP contribution in [0.3, 0.4) is 0 Å². The molecule has 0 bridgehead atoms. The van der Waals surface area contributed by atoms with Crippen LogP contribution in [0.15, 0.2) is 59.5 Å². The van der Waals surface area contributed by atoms with E-state index in [9.17, 15) is 4.79 Å². The van der Waals surface area contributed by atoms with Crippen molar-refractivity contribution in [1.29, 1.82) is 0 Å². The van der Waals surface area contributed by atoms with Crippen LogP contribution < -0.4 is 5.56 Å². The zero-order valence-electron chi connectivity index (χ0n) is 17.0. The maximum atomic E-state index is 13.1. The normalized spacial score (nSPS) is 12.2. The van der Waals surface area contributed by atoms with Gasteiger partial charge >= 0.3 is 0 Å². The van der Waals surface area contributed by atoms with Gasteiger partial charge < -0.3 is 4.40 Å². The molecule has 4 heteroatoms. The molecule has 28 heavy (non-hydrogen) atoms. The molecule has 0 saturated carbocycles. The molecule has 3 heterocycles. The van der Waals surface area contributed by atoms with Gasteiger partial charge in [-0.05, 0) is 29.7 Å². The number of hydrogen-bond donors (Lipinski definition) is 0. The predicted octanol–water partition coefficient (Wildman–Crippen LogP) is 5.33. The van der Waals surface area contributed by atoms with Crippen LogP contribution in [0.5, 0.6) is 0 Å². The molecule has 4 rings (SSSR count). The van der Waals surface area contributed by atoms with Gasteiger partial charge in [-0.3, -0.25) is 9.78 Å². The number of hydrogen-bond acceptors (Lipinski definition) is 3. The molecule has 4 nitrogen and oxygen atoms in total. The Morgan fingerprint density at radius 3 is 2.29 bits per heavy atom. The standard InChI is InChI=1S/C24H25N3O/c1-15(2)21-20(16-9-7-6-8-10-16)23(28)26-22-17-11-12-19(24(3,4)5)25-18(17)13-14-27(21)22/h6-15H,1-5H3. The molecule has 3 aromatic heterocycles. The minimum atomic E-state index is -0.192. The summed E-state index contributed by atoms with van der Waals surface area (Å²) in [4.78, 5) is 22.4. The monoisotopic (exact) mass is 371 g/mol. The summed E-state index contributed by atoms with van der Waals surface area (Å²) in [6.07, 6.45) is 1.99. The fraction of sp³-hybridized carbons (Fsp3) is 0.292. The summed E-state index contributed by atoms with van der Waals surface area (Å²) >= 11 is 0. The van der Waals surface area contributed by atoms with Crippen LogP contribution in [0, 0.1) is 0 Å². The van der Waals surface area contributed by atoms with Crippen LogP contribution in [0.1, 0.15) is 51.9 Å². The third-order valence-electron chi connectivity index (χ3n) is 5.09. The predicted molar refractivity (Wildman–Crippen MR) is 115 cm³/mol. The van der Waals surface area contributed by atoms with Crippen molar-refractivity contribution in [2.24, 2.45) is 0 Å². The number of fused-ring (bicyclic) bond motifs is 3. The summed E-state index contributed by atoms with van der Waals surface area (Å²) in [6.45, 7) is 10.7. The Morgan fingerprint density at radius 1 is 0.929 bits per heavy atom. The largest absolute Gasteiger partial charge is 0.304 e. The van der Waals surface area contributed by atoms with Crippen LogP contribution in [-0.2, 0) is 5.41 Å². The second-order valence-electron chi connectivity index (χ2n) is 8.59. The third kappa shape index (κ3) is 2.99. The molecule has 4 aromatic rings. The molecule has 0 fully saturated rings. The van der Waals surface area contributed by atoms with Crippen LogP contribution in [-0.4, -0.2) is 14.4 Å². The lowest BCUT2D eigenvalue weighted by atomic mass is 9.91. The number of pyridine rings is 2. The van der Waals surface area contributed by atoms with Crippen molar-refractivity contribution in [3.63, 3.8) is 0 Å². The zero-order chi connectivity index (χ0) is 20.1. The number of rotatable bonds is 2. The Hall–Kier alpha value is -3.01. The fourth-order valence-electron chi connectivity index (χ4n) is 3.69. The first-order chi connectivity index (χ1) is 13.3. The van der Waals surface area contributed by atoms with Crippen molar-refractivity contribution >= 4 is 16.6 Å². The minimum Gasteiger partial charge on any atom is -0.304 e. The Kier molecular flexibility index (Phi) is 4.30. The van der Waals surface area contributed by atoms with E-state index < -0.39 is 0 Å². The fourth-order valence-corrected chi connectivity index (χ4v) is 3.69. The molecule has 0 N–H and O–H groups in total. The van der Waals surface area contributed by atoms with E-state index in [0.717, 1.165) is 27.9 Å². The second-order valence-corrected chi connectivity index (χ2v) is 8.59. The zero-order valence-corrected chi connectivity index (χ0v) is 17.0. The molecule has 142 valence electrons. The minimum absolute atomic E-state index is 0.0341. The molecule has 0 amide bonds. The van der Waals surface area contributed by atoms with E-state index >= 15 is 0 Å². The maximum Gasteiger partial charge on any atom is 0.281 e. The Labute approximate surface area is 164 Å². The summed E-state index contributed by atoms with van der Waals surface area (Å²) in [5.74, 6) is 0.165. The van der Waals surface area contributed by atoms with Crippen molar-refractivity contribution < 1.29 is 0 Å². The van der Waals surface area contributed by atoms with Crippen molar-refractivity contribution in [2.45, 2.75) is 46.0 Å². The van der Waals surface area contributed by atoms with E-state index in [1.54, 1.807) is 0 Å². The molecule has 0 aliphatic rings. The molecular formula is C24H25N3O. The average molecular weight is 371 g/mol. The third-order valence-corrected chi connectivity index (χ3v) is 5.09. The van der Waals surface area contributed by atoms with Crippen molar-refractivity contribution in [1.82, 2.24) is 14.4 Å². The van der Waals surface area contributed by atoms with Gasteiger partial charge in [-0.15, -0.1) is 0 Å². The lowest BCUT2D eigenvalue weighted by molar-refractivity contribution is 0.571. The highest BCUT2D eigenvalue weighted by molar-refractivity contribution is 5.92. The quantitative estimate of drug-likeness (QED) is 0.447. The smallest absolute Gasteiger partial charge is 0.281 e. The van der Waals surface area contributed by atoms with E-state index in [0.29, 0.717) is 11.2 Å². The molecule has 1 aromatic carbocycles. The Balaban J connectivity index is 2.09. The molecule has 0 saturated heterocycles. The first-order valence-corrected chi connectivity index (χ1v) is 9.69. The summed E-state index contributed by atoms with van der Waals surface area (Å²) in [5, 5.41) is 0.897. The summed E-state index contributed by atoms with van der Waals surface area (Å²) < 4.78 is 2.05. The molecule has 0 atom stereocenters. The van der Waals surface area contributed by atoms with Crippen LogP contribution in [0.2, 0.25) is 0 Å². The van der Waals surface area contributed by atoms with Crippen LogP contribution in [0.4, 0.5) is 0 Å². The Morgan fingerprint density at radius 2 is 1.64 bits per heavy atom. The summed E-state index contributed by atoms with van der Waals surface area (Å²) in [6, 6.07) is 15.9. The van der Waals surface area contributed by atoms with E-state index in [1.807, 2.05) is 54.7 Å². The molecule has 0 unspecified atom stereocenters. The van der Waals surface area contributed by atoms with Gasteiger partial charge in [0, 0.05) is 28.4 Å². The first-order valence-electron chi connectivity index (χ1n) is 9.69. The van der Waals surface area contributed by atoms with Crippen molar-refractivity contribution in [3.05, 3.63) is 76.5 Å². The highest BCUT2D eigenvalue weighted by atomic mass is 16.1. The van der Waals surface area contributed by atoms with Crippen LogP contribution >= 0.6 is 0 Å². The molecular weight excluding hydrogens is 346 g/mol. The molecule has 0 aliphatic carbocycles. The van der Waals surface area contributed by atoms with E-state index in [4.69, 9.17) is 4.98 Å². The summed E-state index contributed by atoms with van der Waals surface area (Å²) in [5.41, 5.74) is 4.88. The lowest BCUT2D eigenvalue weighted by Gasteiger charge is -2.20. The van der Waals surface area contributed by atoms with Crippen molar-refractivity contribution in [3.8, 4) is 11.1 Å². The van der Waals surface area contributed by atoms with E-state index in [1.165, 1.54) is 0 Å². The van der Waals surface area contributed by atoms with Gasteiger partial charge in [0.25, 0.3) is 5.56 Å². The number of nitrogens with zero attached hydrogens (tertiary/aromatic N) is 3. The van der Waals surface area contributed by atoms with Gasteiger partial charge in [0.1, 0.15) is 0 Å². The van der Waals surface area contributed by atoms with Crippen LogP contribution in [0.25, 0.3) is 27.7 Å². The van der Waals surface area contributed by atoms with Gasteiger partial charge in [-0.1, -0.05) is 65.0 Å². The van der Waals surface area contributed by atoms with Gasteiger partial charge in [-0.25, -0.2) is 0 Å².